The van der Waals surface area contributed by atoms with E-state index in [-0.39, 0.29) is 18.1 Å². The molecule has 4 rings (SSSR count). The third kappa shape index (κ3) is 5.92. The highest BCUT2D eigenvalue weighted by molar-refractivity contribution is 9.10. The molecule has 5 amide bonds. The summed E-state index contributed by atoms with van der Waals surface area (Å²) in [5.74, 6) is -1.31. The van der Waals surface area contributed by atoms with Gasteiger partial charge in [-0.05, 0) is 73.5 Å². The van der Waals surface area contributed by atoms with Gasteiger partial charge in [0.2, 0.25) is 0 Å². The molecule has 0 aromatic heterocycles. The van der Waals surface area contributed by atoms with Crippen molar-refractivity contribution in [1.82, 2.24) is 5.32 Å². The van der Waals surface area contributed by atoms with E-state index in [1.807, 2.05) is 32.0 Å². The first-order valence-electron chi connectivity index (χ1n) is 11.5. The van der Waals surface area contributed by atoms with Crippen molar-refractivity contribution in [3.05, 3.63) is 87.4 Å². The lowest BCUT2D eigenvalue weighted by Crippen LogP contribution is -2.54. The first-order valence-corrected chi connectivity index (χ1v) is 12.3. The van der Waals surface area contributed by atoms with E-state index in [4.69, 9.17) is 9.47 Å². The topological polar surface area (TPSA) is 114 Å². The SMILES string of the molecule is COc1cc(/C=C2\C(=O)NC(=O)N(c3ccc(Br)cc3)C2=O)ccc1OCC(=O)Nc1ccc(C)cc1C. The Morgan fingerprint density at radius 2 is 1.74 bits per heavy atom. The van der Waals surface area contributed by atoms with Crippen molar-refractivity contribution in [1.29, 1.82) is 0 Å². The van der Waals surface area contributed by atoms with Crippen molar-refractivity contribution < 1.29 is 28.7 Å². The molecule has 1 fully saturated rings. The number of urea groups is 1. The minimum absolute atomic E-state index is 0.226. The predicted octanol–water partition coefficient (Wildman–Crippen LogP) is 4.76. The number of halogens is 1. The lowest BCUT2D eigenvalue weighted by atomic mass is 10.1. The maximum absolute atomic E-state index is 13.1. The summed E-state index contributed by atoms with van der Waals surface area (Å²) in [6.45, 7) is 3.63. The van der Waals surface area contributed by atoms with Gasteiger partial charge in [0.1, 0.15) is 5.57 Å². The number of carbonyl (C=O) groups is 4. The molecule has 1 aliphatic rings. The van der Waals surface area contributed by atoms with Crippen molar-refractivity contribution in [2.75, 3.05) is 23.9 Å². The third-order valence-corrected chi connectivity index (χ3v) is 6.23. The van der Waals surface area contributed by atoms with Crippen LogP contribution in [0.4, 0.5) is 16.2 Å². The summed E-state index contributed by atoms with van der Waals surface area (Å²) in [6, 6.07) is 16.1. The summed E-state index contributed by atoms with van der Waals surface area (Å²) >= 11 is 3.31. The number of benzene rings is 3. The first-order chi connectivity index (χ1) is 18.2. The number of anilines is 2. The number of imide groups is 2. The van der Waals surface area contributed by atoms with Gasteiger partial charge in [0, 0.05) is 10.2 Å². The zero-order chi connectivity index (χ0) is 27.4. The molecular weight excluding hydrogens is 554 g/mol. The van der Waals surface area contributed by atoms with Gasteiger partial charge >= 0.3 is 6.03 Å². The van der Waals surface area contributed by atoms with Crippen LogP contribution >= 0.6 is 15.9 Å². The summed E-state index contributed by atoms with van der Waals surface area (Å²) in [7, 11) is 1.43. The van der Waals surface area contributed by atoms with Crippen molar-refractivity contribution >= 4 is 57.1 Å². The minimum Gasteiger partial charge on any atom is -0.493 e. The molecule has 0 atom stereocenters. The number of ether oxygens (including phenoxy) is 2. The third-order valence-electron chi connectivity index (χ3n) is 5.70. The minimum atomic E-state index is -0.833. The Bertz CT molecular complexity index is 1470. The molecule has 0 bridgehead atoms. The quantitative estimate of drug-likeness (QED) is 0.309. The van der Waals surface area contributed by atoms with Gasteiger partial charge < -0.3 is 14.8 Å². The van der Waals surface area contributed by atoms with Crippen molar-refractivity contribution in [3.8, 4) is 11.5 Å². The normalized spacial score (nSPS) is 14.4. The highest BCUT2D eigenvalue weighted by Crippen LogP contribution is 2.30. The number of barbiturate groups is 1. The van der Waals surface area contributed by atoms with Crippen LogP contribution < -0.4 is 25.0 Å². The number of nitrogens with zero attached hydrogens (tertiary/aromatic N) is 1. The van der Waals surface area contributed by atoms with Gasteiger partial charge in [-0.25, -0.2) is 9.69 Å². The van der Waals surface area contributed by atoms with Crippen LogP contribution in [0.25, 0.3) is 6.08 Å². The molecule has 0 spiro atoms. The molecule has 3 aromatic carbocycles. The predicted molar refractivity (Wildman–Crippen MR) is 146 cm³/mol. The number of hydrogen-bond acceptors (Lipinski definition) is 6. The average molecular weight is 578 g/mol. The molecule has 10 heteroatoms. The van der Waals surface area contributed by atoms with Crippen molar-refractivity contribution in [3.63, 3.8) is 0 Å². The number of aryl methyl sites for hydroxylation is 2. The van der Waals surface area contributed by atoms with Crippen molar-refractivity contribution in [2.24, 2.45) is 0 Å². The van der Waals surface area contributed by atoms with Crippen LogP contribution in [0.15, 0.2) is 70.7 Å². The van der Waals surface area contributed by atoms with E-state index in [0.717, 1.165) is 20.5 Å². The van der Waals surface area contributed by atoms with E-state index < -0.39 is 17.8 Å². The largest absolute Gasteiger partial charge is 0.493 e. The number of hydrogen-bond donors (Lipinski definition) is 2. The van der Waals surface area contributed by atoms with Gasteiger partial charge in [0.15, 0.2) is 18.1 Å². The molecule has 194 valence electrons. The summed E-state index contributed by atoms with van der Waals surface area (Å²) in [5, 5.41) is 5.00. The fraction of sp³-hybridized carbons (Fsp3) is 0.143. The second-order valence-corrected chi connectivity index (χ2v) is 9.42. The Balaban J connectivity index is 1.50. The molecule has 38 heavy (non-hydrogen) atoms. The van der Waals surface area contributed by atoms with Gasteiger partial charge in [0.05, 0.1) is 12.8 Å². The fourth-order valence-electron chi connectivity index (χ4n) is 3.83. The Labute approximate surface area is 227 Å². The smallest absolute Gasteiger partial charge is 0.335 e. The molecule has 9 nitrogen and oxygen atoms in total. The van der Waals surface area contributed by atoms with E-state index in [1.54, 1.807) is 42.5 Å². The first kappa shape index (κ1) is 26.6. The molecule has 0 saturated carbocycles. The van der Waals surface area contributed by atoms with Crippen LogP contribution in [-0.4, -0.2) is 37.5 Å². The molecule has 2 N–H and O–H groups in total. The molecule has 1 saturated heterocycles. The number of nitrogens with one attached hydrogen (secondary N) is 2. The summed E-state index contributed by atoms with van der Waals surface area (Å²) in [6.07, 6.45) is 1.36. The molecule has 3 aromatic rings. The number of methoxy groups -OCH3 is 1. The van der Waals surface area contributed by atoms with Crippen LogP contribution in [0.2, 0.25) is 0 Å². The Kier molecular flexibility index (Phi) is 7.92. The van der Waals surface area contributed by atoms with E-state index in [1.165, 1.54) is 13.2 Å². The Hall–Kier alpha value is -4.44. The lowest BCUT2D eigenvalue weighted by molar-refractivity contribution is -0.122. The molecule has 1 heterocycles. The number of rotatable bonds is 7. The van der Waals surface area contributed by atoms with Gasteiger partial charge in [0.25, 0.3) is 17.7 Å². The molecule has 0 aliphatic carbocycles. The zero-order valence-electron chi connectivity index (χ0n) is 20.8. The van der Waals surface area contributed by atoms with E-state index in [9.17, 15) is 19.2 Å². The number of carbonyl (C=O) groups excluding carboxylic acids is 4. The molecule has 0 unspecified atom stereocenters. The summed E-state index contributed by atoms with van der Waals surface area (Å²) < 4.78 is 11.8. The van der Waals surface area contributed by atoms with Crippen LogP contribution in [0.1, 0.15) is 16.7 Å². The highest BCUT2D eigenvalue weighted by Gasteiger charge is 2.36. The average Bonchev–Trinajstić information content (AvgIpc) is 2.88. The molecular formula is C28H24BrN3O6. The molecule has 1 aliphatic heterocycles. The number of amides is 5. The van der Waals surface area contributed by atoms with Crippen molar-refractivity contribution in [2.45, 2.75) is 13.8 Å². The van der Waals surface area contributed by atoms with Gasteiger partial charge in [-0.2, -0.15) is 0 Å². The summed E-state index contributed by atoms with van der Waals surface area (Å²) in [5.41, 5.74) is 3.28. The van der Waals surface area contributed by atoms with Crippen LogP contribution in [0, 0.1) is 13.8 Å². The second kappa shape index (κ2) is 11.3. The van der Waals surface area contributed by atoms with E-state index in [0.29, 0.717) is 28.4 Å². The summed E-state index contributed by atoms with van der Waals surface area (Å²) in [4.78, 5) is 51.3. The lowest BCUT2D eigenvalue weighted by Gasteiger charge is -2.26. The van der Waals surface area contributed by atoms with Crippen LogP contribution in [-0.2, 0) is 14.4 Å². The second-order valence-electron chi connectivity index (χ2n) is 8.50. The monoisotopic (exact) mass is 577 g/mol. The van der Waals surface area contributed by atoms with Crippen LogP contribution in [0.5, 0.6) is 11.5 Å². The maximum atomic E-state index is 13.1. The van der Waals surface area contributed by atoms with E-state index in [2.05, 4.69) is 26.6 Å². The Morgan fingerprint density at radius 1 is 1.00 bits per heavy atom. The van der Waals surface area contributed by atoms with Gasteiger partial charge in [-0.1, -0.05) is 39.7 Å². The Morgan fingerprint density at radius 3 is 2.42 bits per heavy atom. The maximum Gasteiger partial charge on any atom is 0.335 e. The van der Waals surface area contributed by atoms with Gasteiger partial charge in [-0.3, -0.25) is 19.7 Å². The standard InChI is InChI=1S/C28H24BrN3O6/c1-16-4-10-22(17(2)12-16)30-25(33)15-38-23-11-5-18(14-24(23)37-3)13-21-26(34)31-28(36)32(27(21)35)20-8-6-19(29)7-9-20/h4-14H,15H2,1-3H3,(H,30,33)(H,31,34,36)/b21-13+. The van der Waals surface area contributed by atoms with Gasteiger partial charge in [-0.15, -0.1) is 0 Å². The van der Waals surface area contributed by atoms with Crippen LogP contribution in [0.3, 0.4) is 0 Å². The zero-order valence-corrected chi connectivity index (χ0v) is 22.4. The fourth-order valence-corrected chi connectivity index (χ4v) is 4.09. The highest BCUT2D eigenvalue weighted by atomic mass is 79.9. The molecule has 0 radical (unpaired) electrons. The van der Waals surface area contributed by atoms with E-state index >= 15 is 0 Å².